The van der Waals surface area contributed by atoms with E-state index in [0.717, 1.165) is 44.2 Å². The number of fused-ring (bicyclic) bond motifs is 1. The van der Waals surface area contributed by atoms with Crippen molar-refractivity contribution in [3.05, 3.63) is 41.6 Å². The van der Waals surface area contributed by atoms with E-state index in [-0.39, 0.29) is 16.9 Å². The second-order valence-electron chi connectivity index (χ2n) is 7.51. The summed E-state index contributed by atoms with van der Waals surface area (Å²) < 4.78 is 20.0. The Morgan fingerprint density at radius 1 is 1.32 bits per heavy atom. The molecule has 0 bridgehead atoms. The van der Waals surface area contributed by atoms with E-state index in [1.54, 1.807) is 4.90 Å². The predicted octanol–water partition coefficient (Wildman–Crippen LogP) is 2.68. The summed E-state index contributed by atoms with van der Waals surface area (Å²) in [5.74, 6) is 1.27. The summed E-state index contributed by atoms with van der Waals surface area (Å²) in [7, 11) is 0. The predicted molar refractivity (Wildman–Crippen MR) is 85.4 cm³/mol. The summed E-state index contributed by atoms with van der Waals surface area (Å²) in [6.07, 6.45) is 7.82. The van der Waals surface area contributed by atoms with Gasteiger partial charge in [-0.15, -0.1) is 10.2 Å². The fourth-order valence-electron chi connectivity index (χ4n) is 4.44. The lowest BCUT2D eigenvalue weighted by Crippen LogP contribution is -2.35. The lowest BCUT2D eigenvalue weighted by Gasteiger charge is -2.24. The molecule has 3 heterocycles. The number of hydrogen-bond donors (Lipinski definition) is 0. The SMILES string of the molecule is O=C(c1ccncc1F)N1C[C@@H]2CCC[C@]2(c2nnc(C3CC3)o2)C1. The van der Waals surface area contributed by atoms with Crippen LogP contribution in [0.25, 0.3) is 0 Å². The monoisotopic (exact) mass is 342 g/mol. The number of halogens is 1. The van der Waals surface area contributed by atoms with E-state index in [1.807, 2.05) is 0 Å². The smallest absolute Gasteiger partial charge is 0.256 e. The minimum Gasteiger partial charge on any atom is -0.424 e. The van der Waals surface area contributed by atoms with Crippen LogP contribution in [0.1, 0.15) is 60.2 Å². The Balaban J connectivity index is 1.44. The lowest BCUT2D eigenvalue weighted by atomic mass is 9.80. The molecular weight excluding hydrogens is 323 g/mol. The lowest BCUT2D eigenvalue weighted by molar-refractivity contribution is 0.0770. The number of carbonyl (C=O) groups excluding carboxylic acids is 1. The van der Waals surface area contributed by atoms with Crippen LogP contribution in [-0.4, -0.2) is 39.1 Å². The molecule has 130 valence electrons. The molecule has 1 saturated heterocycles. The van der Waals surface area contributed by atoms with Gasteiger partial charge in [0.1, 0.15) is 0 Å². The second-order valence-corrected chi connectivity index (χ2v) is 7.51. The molecule has 2 aromatic rings. The van der Waals surface area contributed by atoms with Crippen LogP contribution < -0.4 is 0 Å². The average Bonchev–Trinajstić information content (AvgIpc) is 3.05. The Kier molecular flexibility index (Phi) is 3.20. The molecule has 25 heavy (non-hydrogen) atoms. The van der Waals surface area contributed by atoms with Crippen LogP contribution in [0.3, 0.4) is 0 Å². The number of likely N-dealkylation sites (tertiary alicyclic amines) is 1. The fourth-order valence-corrected chi connectivity index (χ4v) is 4.44. The number of nitrogens with zero attached hydrogens (tertiary/aromatic N) is 4. The maximum atomic E-state index is 14.0. The molecule has 3 aliphatic rings. The average molecular weight is 342 g/mol. The van der Waals surface area contributed by atoms with Crippen molar-refractivity contribution in [3.8, 4) is 0 Å². The van der Waals surface area contributed by atoms with Crippen molar-refractivity contribution in [2.75, 3.05) is 13.1 Å². The first kappa shape index (κ1) is 15.0. The Morgan fingerprint density at radius 2 is 2.20 bits per heavy atom. The first-order valence-corrected chi connectivity index (χ1v) is 8.90. The highest BCUT2D eigenvalue weighted by Gasteiger charge is 2.55. The number of hydrogen-bond acceptors (Lipinski definition) is 5. The molecule has 1 amide bonds. The van der Waals surface area contributed by atoms with Gasteiger partial charge in [-0.2, -0.15) is 0 Å². The molecule has 0 unspecified atom stereocenters. The maximum absolute atomic E-state index is 14.0. The first-order chi connectivity index (χ1) is 12.2. The van der Waals surface area contributed by atoms with E-state index in [9.17, 15) is 9.18 Å². The van der Waals surface area contributed by atoms with Crippen LogP contribution in [-0.2, 0) is 5.41 Å². The Labute approximate surface area is 144 Å². The first-order valence-electron chi connectivity index (χ1n) is 8.90. The van der Waals surface area contributed by atoms with Crippen molar-refractivity contribution in [3.63, 3.8) is 0 Å². The van der Waals surface area contributed by atoms with Gasteiger partial charge in [-0.25, -0.2) is 4.39 Å². The third kappa shape index (κ3) is 2.28. The van der Waals surface area contributed by atoms with Gasteiger partial charge in [0.15, 0.2) is 5.82 Å². The molecule has 2 atom stereocenters. The minimum atomic E-state index is -0.576. The van der Waals surface area contributed by atoms with E-state index < -0.39 is 5.82 Å². The van der Waals surface area contributed by atoms with Crippen LogP contribution >= 0.6 is 0 Å². The standard InChI is InChI=1S/C18H19FN4O2/c19-14-8-20-7-5-13(14)16(24)23-9-12-2-1-6-18(12,10-23)17-22-21-15(25-17)11-3-4-11/h5,7-8,11-12H,1-4,6,9-10H2/t12-,18-/m0/s1. The van der Waals surface area contributed by atoms with Gasteiger partial charge in [-0.05, 0) is 37.7 Å². The van der Waals surface area contributed by atoms with Gasteiger partial charge in [0.2, 0.25) is 11.8 Å². The van der Waals surface area contributed by atoms with Crippen LogP contribution in [0, 0.1) is 11.7 Å². The summed E-state index contributed by atoms with van der Waals surface area (Å²) >= 11 is 0. The van der Waals surface area contributed by atoms with Crippen LogP contribution in [0.4, 0.5) is 4.39 Å². The zero-order valence-electron chi connectivity index (χ0n) is 13.8. The molecule has 0 N–H and O–H groups in total. The van der Waals surface area contributed by atoms with Gasteiger partial charge >= 0.3 is 0 Å². The van der Waals surface area contributed by atoms with Crippen LogP contribution in [0.15, 0.2) is 22.9 Å². The van der Waals surface area contributed by atoms with Crippen molar-refractivity contribution in [1.82, 2.24) is 20.1 Å². The van der Waals surface area contributed by atoms with Crippen LogP contribution in [0.5, 0.6) is 0 Å². The molecule has 6 nitrogen and oxygen atoms in total. The Bertz CT molecular complexity index is 834. The Morgan fingerprint density at radius 3 is 3.00 bits per heavy atom. The van der Waals surface area contributed by atoms with Gasteiger partial charge < -0.3 is 9.32 Å². The molecule has 2 aliphatic carbocycles. The van der Waals surface area contributed by atoms with Gasteiger partial charge in [0, 0.05) is 25.2 Å². The highest BCUT2D eigenvalue weighted by atomic mass is 19.1. The summed E-state index contributed by atoms with van der Waals surface area (Å²) in [5.41, 5.74) is -0.187. The molecule has 5 rings (SSSR count). The second kappa shape index (κ2) is 5.34. The maximum Gasteiger partial charge on any atom is 0.256 e. The summed E-state index contributed by atoms with van der Waals surface area (Å²) in [6, 6.07) is 1.44. The zero-order chi connectivity index (χ0) is 17.0. The number of amides is 1. The summed E-state index contributed by atoms with van der Waals surface area (Å²) in [5, 5.41) is 8.57. The number of pyridine rings is 1. The molecule has 2 saturated carbocycles. The summed E-state index contributed by atoms with van der Waals surface area (Å²) in [6.45, 7) is 1.13. The normalized spacial score (nSPS) is 28.4. The fraction of sp³-hybridized carbons (Fsp3) is 0.556. The van der Waals surface area contributed by atoms with Crippen molar-refractivity contribution in [1.29, 1.82) is 0 Å². The minimum absolute atomic E-state index is 0.0781. The van der Waals surface area contributed by atoms with Crippen molar-refractivity contribution >= 4 is 5.91 Å². The van der Waals surface area contributed by atoms with Gasteiger partial charge in [-0.1, -0.05) is 6.42 Å². The molecule has 3 fully saturated rings. The van der Waals surface area contributed by atoms with E-state index in [1.165, 1.54) is 12.3 Å². The molecule has 0 radical (unpaired) electrons. The highest BCUT2D eigenvalue weighted by Crippen LogP contribution is 2.51. The van der Waals surface area contributed by atoms with Gasteiger partial charge in [0.05, 0.1) is 17.2 Å². The van der Waals surface area contributed by atoms with Gasteiger partial charge in [0.25, 0.3) is 5.91 Å². The van der Waals surface area contributed by atoms with E-state index >= 15 is 0 Å². The largest absolute Gasteiger partial charge is 0.424 e. The molecular formula is C18H19FN4O2. The van der Waals surface area contributed by atoms with E-state index in [4.69, 9.17) is 4.42 Å². The Hall–Kier alpha value is -2.31. The molecule has 2 aromatic heterocycles. The third-order valence-corrected chi connectivity index (χ3v) is 5.95. The van der Waals surface area contributed by atoms with Crippen molar-refractivity contribution in [2.45, 2.75) is 43.4 Å². The van der Waals surface area contributed by atoms with E-state index in [0.29, 0.717) is 30.8 Å². The number of carbonyl (C=O) groups is 1. The zero-order valence-corrected chi connectivity index (χ0v) is 13.8. The quantitative estimate of drug-likeness (QED) is 0.857. The van der Waals surface area contributed by atoms with Crippen LogP contribution in [0.2, 0.25) is 0 Å². The molecule has 1 aliphatic heterocycles. The topological polar surface area (TPSA) is 72.1 Å². The molecule has 0 spiro atoms. The van der Waals surface area contributed by atoms with Gasteiger partial charge in [-0.3, -0.25) is 9.78 Å². The molecule has 0 aromatic carbocycles. The molecule has 7 heteroatoms. The third-order valence-electron chi connectivity index (χ3n) is 5.95. The highest BCUT2D eigenvalue weighted by molar-refractivity contribution is 5.94. The van der Waals surface area contributed by atoms with Crippen molar-refractivity contribution in [2.24, 2.45) is 5.92 Å². The number of rotatable bonds is 3. The summed E-state index contributed by atoms with van der Waals surface area (Å²) in [4.78, 5) is 18.2. The number of aromatic nitrogens is 3. The van der Waals surface area contributed by atoms with E-state index in [2.05, 4.69) is 15.2 Å². The van der Waals surface area contributed by atoms with Crippen molar-refractivity contribution < 1.29 is 13.6 Å².